The van der Waals surface area contributed by atoms with Crippen molar-refractivity contribution in [3.63, 3.8) is 0 Å². The molecule has 0 bridgehead atoms. The molecule has 0 saturated carbocycles. The number of Topliss-reactive ketones (excluding diaryl/α,β-unsaturated/α-hetero) is 1. The van der Waals surface area contributed by atoms with Gasteiger partial charge in [0.2, 0.25) is 0 Å². The van der Waals surface area contributed by atoms with Gasteiger partial charge in [-0.05, 0) is 0 Å². The average Bonchev–Trinajstić information content (AvgIpc) is 2.11. The van der Waals surface area contributed by atoms with Crippen molar-refractivity contribution in [2.24, 2.45) is 0 Å². The molecule has 0 radical (unpaired) electrons. The monoisotopic (exact) mass is 294 g/mol. The van der Waals surface area contributed by atoms with Crippen LogP contribution in [0.25, 0.3) is 0 Å². The van der Waals surface area contributed by atoms with Crippen molar-refractivity contribution in [2.45, 2.75) is 64.3 Å². The average molecular weight is 294 g/mol. The molecule has 0 atom stereocenters. The van der Waals surface area contributed by atoms with Gasteiger partial charge in [0.25, 0.3) is 0 Å². The molecule has 0 aliphatic carbocycles. The van der Waals surface area contributed by atoms with Gasteiger partial charge in [-0.25, -0.2) is 0 Å². The Balaban J connectivity index is 4.40. The molecule has 6 heteroatoms. The van der Waals surface area contributed by atoms with Crippen LogP contribution in [0.1, 0.15) is 48.0 Å². The summed E-state index contributed by atoms with van der Waals surface area (Å²) in [5.74, 6) is -0.712. The fourth-order valence-electron chi connectivity index (χ4n) is 1.36. The molecule has 0 unspecified atom stereocenters. The van der Waals surface area contributed by atoms with E-state index in [0.717, 1.165) is 0 Å². The third kappa shape index (κ3) is 8.81. The van der Waals surface area contributed by atoms with E-state index in [9.17, 15) is 9.59 Å². The predicted octanol–water partition coefficient (Wildman–Crippen LogP) is 2.03. The topological polar surface area (TPSA) is 61.8 Å². The third-order valence-corrected chi connectivity index (χ3v) is 3.13. The summed E-state index contributed by atoms with van der Waals surface area (Å²) >= 11 is -1.26. The number of rotatable bonds is 8. The zero-order valence-corrected chi connectivity index (χ0v) is 13.5. The zero-order valence-electron chi connectivity index (χ0n) is 11.9. The second kappa shape index (κ2) is 8.05. The molecule has 0 heterocycles. The van der Waals surface area contributed by atoms with E-state index >= 15 is 0 Å². The molecule has 0 aliphatic rings. The molecule has 0 fully saturated rings. The minimum absolute atomic E-state index is 0.0241. The standard InChI is InChI=1S/C8H17O2.C4H6O3.Ti/c1-6(2)9-8(5)10-7(3)4;1-3(5)2-4(6)7;/h6-7H,1-5H3;2H2,1H3,(H,6,7);/q;;+1/p-1. The number of ether oxygens (including phenoxy) is 2. The van der Waals surface area contributed by atoms with Gasteiger partial charge < -0.3 is 0 Å². The van der Waals surface area contributed by atoms with Crippen LogP contribution in [0.3, 0.4) is 0 Å². The molecule has 0 rings (SSSR count). The first-order chi connectivity index (χ1) is 8.14. The summed E-state index contributed by atoms with van der Waals surface area (Å²) in [6, 6.07) is 0. The summed E-state index contributed by atoms with van der Waals surface area (Å²) in [6.45, 7) is 10.7. The third-order valence-electron chi connectivity index (χ3n) is 1.66. The number of carbonyl (C=O) groups is 2. The van der Waals surface area contributed by atoms with Crippen molar-refractivity contribution in [3.8, 4) is 0 Å². The molecule has 5 nitrogen and oxygen atoms in total. The number of hydrogen-bond acceptors (Lipinski definition) is 5. The van der Waals surface area contributed by atoms with Crippen molar-refractivity contribution in [1.29, 1.82) is 0 Å². The molecule has 0 amide bonds. The van der Waals surface area contributed by atoms with Gasteiger partial charge >= 0.3 is 118 Å². The molecule has 0 aliphatic heterocycles. The van der Waals surface area contributed by atoms with Crippen LogP contribution >= 0.6 is 0 Å². The van der Waals surface area contributed by atoms with Gasteiger partial charge in [0.05, 0.1) is 0 Å². The van der Waals surface area contributed by atoms with Crippen LogP contribution in [-0.4, -0.2) is 28.1 Å². The Labute approximate surface area is 118 Å². The summed E-state index contributed by atoms with van der Waals surface area (Å²) in [6.07, 6.45) is -0.240. The van der Waals surface area contributed by atoms with Gasteiger partial charge in [-0.2, -0.15) is 0 Å². The fourth-order valence-corrected chi connectivity index (χ4v) is 2.83. The number of hydrogen-bond donors (Lipinski definition) is 0. The summed E-state index contributed by atoms with van der Waals surface area (Å²) in [7, 11) is 0. The molecule has 104 valence electrons. The normalized spacial score (nSPS) is 11.8. The van der Waals surface area contributed by atoms with Crippen LogP contribution in [0.2, 0.25) is 0 Å². The Morgan fingerprint density at radius 2 is 1.56 bits per heavy atom. The van der Waals surface area contributed by atoms with Crippen LogP contribution < -0.4 is 0 Å². The fraction of sp³-hybridized carbons (Fsp3) is 0.833. The predicted molar refractivity (Wildman–Crippen MR) is 62.2 cm³/mol. The van der Waals surface area contributed by atoms with E-state index in [-0.39, 0.29) is 24.4 Å². The molecular weight excluding hydrogens is 272 g/mol. The van der Waals surface area contributed by atoms with Crippen molar-refractivity contribution < 1.29 is 41.9 Å². The Bertz CT molecular complexity index is 278. The number of ketones is 1. The van der Waals surface area contributed by atoms with Gasteiger partial charge in [0.1, 0.15) is 0 Å². The van der Waals surface area contributed by atoms with E-state index in [0.29, 0.717) is 0 Å². The summed E-state index contributed by atoms with van der Waals surface area (Å²) in [4.78, 5) is 22.1. The van der Waals surface area contributed by atoms with Gasteiger partial charge in [-0.3, -0.25) is 0 Å². The van der Waals surface area contributed by atoms with Crippen LogP contribution in [0.4, 0.5) is 0 Å². The molecule has 18 heavy (non-hydrogen) atoms. The summed E-state index contributed by atoms with van der Waals surface area (Å²) < 4.78 is 15.6. The first kappa shape index (κ1) is 17.8. The molecule has 0 N–H and O–H groups in total. The Morgan fingerprint density at radius 3 is 1.89 bits per heavy atom. The SMILES string of the molecule is CC(=O)CC(=O)[O][Ti][C](C)(OC(C)C)OC(C)C. The van der Waals surface area contributed by atoms with Crippen molar-refractivity contribution in [1.82, 2.24) is 0 Å². The molecule has 0 saturated heterocycles. The second-order valence-electron chi connectivity index (χ2n) is 4.73. The Hall–Kier alpha value is -0.226. The molecule has 0 aromatic carbocycles. The van der Waals surface area contributed by atoms with E-state index in [2.05, 4.69) is 0 Å². The molecule has 0 aromatic rings. The quantitative estimate of drug-likeness (QED) is 0.389. The van der Waals surface area contributed by atoms with Gasteiger partial charge in [-0.15, -0.1) is 0 Å². The van der Waals surface area contributed by atoms with Crippen LogP contribution in [0.5, 0.6) is 0 Å². The second-order valence-corrected chi connectivity index (χ2v) is 6.79. The van der Waals surface area contributed by atoms with Crippen LogP contribution in [0, 0.1) is 0 Å². The van der Waals surface area contributed by atoms with Crippen molar-refractivity contribution in [2.75, 3.05) is 0 Å². The van der Waals surface area contributed by atoms with Crippen LogP contribution in [0.15, 0.2) is 0 Å². The van der Waals surface area contributed by atoms with Gasteiger partial charge in [0.15, 0.2) is 0 Å². The van der Waals surface area contributed by atoms with E-state index in [1.165, 1.54) is 6.92 Å². The van der Waals surface area contributed by atoms with Crippen molar-refractivity contribution >= 4 is 11.8 Å². The van der Waals surface area contributed by atoms with Gasteiger partial charge in [-0.1, -0.05) is 0 Å². The first-order valence-electron chi connectivity index (χ1n) is 5.96. The van der Waals surface area contributed by atoms with E-state index < -0.39 is 29.6 Å². The molecular formula is C12H22O5Ti. The van der Waals surface area contributed by atoms with Gasteiger partial charge in [0, 0.05) is 0 Å². The Morgan fingerprint density at radius 1 is 1.11 bits per heavy atom. The number of carbonyl (C=O) groups excluding carboxylic acids is 2. The van der Waals surface area contributed by atoms with Crippen molar-refractivity contribution in [3.05, 3.63) is 0 Å². The Kier molecular flexibility index (Phi) is 7.95. The molecule has 0 spiro atoms. The zero-order chi connectivity index (χ0) is 14.3. The minimum atomic E-state index is -1.26. The summed E-state index contributed by atoms with van der Waals surface area (Å²) in [5, 5.41) is 0. The van der Waals surface area contributed by atoms with E-state index in [1.54, 1.807) is 6.92 Å². The molecule has 0 aromatic heterocycles. The van der Waals surface area contributed by atoms with E-state index in [4.69, 9.17) is 12.8 Å². The van der Waals surface area contributed by atoms with E-state index in [1.807, 2.05) is 27.7 Å². The first-order valence-corrected chi connectivity index (χ1v) is 7.38. The summed E-state index contributed by atoms with van der Waals surface area (Å²) in [5.41, 5.74) is 0. The van der Waals surface area contributed by atoms with Crippen LogP contribution in [-0.2, 0) is 41.9 Å². The maximum atomic E-state index is 11.3. The maximum absolute atomic E-state index is 11.3.